The summed E-state index contributed by atoms with van der Waals surface area (Å²) in [6.45, 7) is 10.1. The Morgan fingerprint density at radius 2 is 2.03 bits per heavy atom. The van der Waals surface area contributed by atoms with E-state index in [1.54, 1.807) is 12.1 Å². The van der Waals surface area contributed by atoms with Crippen molar-refractivity contribution in [2.24, 2.45) is 4.99 Å². The van der Waals surface area contributed by atoms with Crippen LogP contribution in [0.4, 0.5) is 10.1 Å². The van der Waals surface area contributed by atoms with Crippen LogP contribution < -0.4 is 0 Å². The standard InChI is InChI=1S/C35H36FNO/c1-5-8-10-17-27-18-13-14-19-33(27)37-24-28(26-15-11-9-12-16-26)20-21-31-32(36)23-22-30-29(7-3)34(25(4)6-2)38-35(30)31/h6-7,9-11,13-15,17-20,22-24H,3,5,8,12,16,21H2,1-2,4H3/b17-10-,25-6-,28-20+,37-24?. The van der Waals surface area contributed by atoms with Crippen LogP contribution in [0.1, 0.15) is 68.9 Å². The summed E-state index contributed by atoms with van der Waals surface area (Å²) in [5, 5.41) is 0.879. The zero-order chi connectivity index (χ0) is 26.9. The molecular weight excluding hydrogens is 469 g/mol. The highest BCUT2D eigenvalue weighted by Gasteiger charge is 2.18. The molecule has 1 aliphatic carbocycles. The third-order valence-electron chi connectivity index (χ3n) is 6.88. The fourth-order valence-electron chi connectivity index (χ4n) is 4.61. The Kier molecular flexibility index (Phi) is 9.26. The summed E-state index contributed by atoms with van der Waals surface area (Å²) in [5.41, 5.74) is 7.21. The van der Waals surface area contributed by atoms with Crippen molar-refractivity contribution >= 4 is 40.6 Å². The average molecular weight is 506 g/mol. The molecule has 0 radical (unpaired) electrons. The van der Waals surface area contributed by atoms with Crippen LogP contribution in [0.25, 0.3) is 28.7 Å². The van der Waals surface area contributed by atoms with Gasteiger partial charge in [0.1, 0.15) is 17.2 Å². The zero-order valence-corrected chi connectivity index (χ0v) is 22.6. The van der Waals surface area contributed by atoms with Gasteiger partial charge in [-0.1, -0.05) is 86.7 Å². The highest BCUT2D eigenvalue weighted by molar-refractivity contribution is 5.94. The summed E-state index contributed by atoms with van der Waals surface area (Å²) in [6, 6.07) is 11.5. The molecule has 0 bridgehead atoms. The fraction of sp³-hybridized carbons (Fsp3) is 0.229. The molecular formula is C35H36FNO. The van der Waals surface area contributed by atoms with Gasteiger partial charge in [-0.2, -0.15) is 0 Å². The van der Waals surface area contributed by atoms with Gasteiger partial charge < -0.3 is 4.42 Å². The Labute approximate surface area is 226 Å². The van der Waals surface area contributed by atoms with E-state index in [1.807, 2.05) is 44.3 Å². The lowest BCUT2D eigenvalue weighted by molar-refractivity contribution is 0.577. The van der Waals surface area contributed by atoms with Gasteiger partial charge in [-0.25, -0.2) is 4.39 Å². The Morgan fingerprint density at radius 3 is 2.76 bits per heavy atom. The van der Waals surface area contributed by atoms with E-state index in [2.05, 4.69) is 56.0 Å². The Hall–Kier alpha value is -3.98. The van der Waals surface area contributed by atoms with Gasteiger partial charge in [0.15, 0.2) is 0 Å². The lowest BCUT2D eigenvalue weighted by Gasteiger charge is -2.11. The topological polar surface area (TPSA) is 25.5 Å². The Bertz CT molecular complexity index is 1490. The first-order chi connectivity index (χ1) is 18.6. The van der Waals surface area contributed by atoms with Crippen molar-refractivity contribution in [2.75, 3.05) is 0 Å². The maximum absolute atomic E-state index is 15.2. The second-order valence-electron chi connectivity index (χ2n) is 9.45. The van der Waals surface area contributed by atoms with Crippen LogP contribution in [0.3, 0.4) is 0 Å². The molecule has 4 rings (SSSR count). The second-order valence-corrected chi connectivity index (χ2v) is 9.45. The lowest BCUT2D eigenvalue weighted by atomic mass is 9.95. The SMILES string of the molecule is C=Cc1c(/C(C)=C\C)oc2c(C/C=C(\C=Nc3ccccc3/C=C\CCC)C3=CC=CCC3)c(F)ccc12. The highest BCUT2D eigenvalue weighted by Crippen LogP contribution is 2.35. The minimum Gasteiger partial charge on any atom is -0.455 e. The van der Waals surface area contributed by atoms with E-state index >= 15 is 4.39 Å². The number of benzene rings is 2. The first-order valence-electron chi connectivity index (χ1n) is 13.4. The summed E-state index contributed by atoms with van der Waals surface area (Å²) in [7, 11) is 0. The van der Waals surface area contributed by atoms with E-state index in [0.29, 0.717) is 17.6 Å². The number of hydrogen-bond donors (Lipinski definition) is 0. The van der Waals surface area contributed by atoms with Crippen molar-refractivity contribution in [3.63, 3.8) is 0 Å². The number of aliphatic imine (C=N–C) groups is 1. The highest BCUT2D eigenvalue weighted by atomic mass is 19.1. The molecule has 38 heavy (non-hydrogen) atoms. The quantitative estimate of drug-likeness (QED) is 0.252. The largest absolute Gasteiger partial charge is 0.455 e. The van der Waals surface area contributed by atoms with Gasteiger partial charge in [-0.05, 0) is 80.0 Å². The van der Waals surface area contributed by atoms with Gasteiger partial charge in [-0.15, -0.1) is 0 Å². The summed E-state index contributed by atoms with van der Waals surface area (Å²) in [6.07, 6.45) is 22.9. The molecule has 0 saturated heterocycles. The predicted octanol–water partition coefficient (Wildman–Crippen LogP) is 10.6. The van der Waals surface area contributed by atoms with Gasteiger partial charge >= 0.3 is 0 Å². The lowest BCUT2D eigenvalue weighted by Crippen LogP contribution is -1.97. The number of hydrogen-bond acceptors (Lipinski definition) is 2. The molecule has 1 aromatic heterocycles. The summed E-state index contributed by atoms with van der Waals surface area (Å²) in [4.78, 5) is 4.88. The van der Waals surface area contributed by atoms with E-state index in [0.717, 1.165) is 64.8 Å². The normalized spacial score (nSPS) is 14.7. The van der Waals surface area contributed by atoms with Crippen LogP contribution in [0.2, 0.25) is 0 Å². The summed E-state index contributed by atoms with van der Waals surface area (Å²) in [5.74, 6) is 0.464. The van der Waals surface area contributed by atoms with Gasteiger partial charge in [0.2, 0.25) is 0 Å². The van der Waals surface area contributed by atoms with Gasteiger partial charge in [0, 0.05) is 22.7 Å². The molecule has 0 spiro atoms. The molecule has 0 fully saturated rings. The minimum absolute atomic E-state index is 0.275. The van der Waals surface area contributed by atoms with E-state index < -0.39 is 0 Å². The van der Waals surface area contributed by atoms with Gasteiger partial charge in [0.25, 0.3) is 0 Å². The molecule has 3 aromatic rings. The monoisotopic (exact) mass is 505 g/mol. The van der Waals surface area contributed by atoms with E-state index in [9.17, 15) is 0 Å². The van der Waals surface area contributed by atoms with Crippen LogP contribution in [-0.2, 0) is 6.42 Å². The molecule has 0 amide bonds. The molecule has 2 aromatic carbocycles. The van der Waals surface area contributed by atoms with E-state index in [-0.39, 0.29) is 5.82 Å². The number of halogens is 1. The maximum Gasteiger partial charge on any atom is 0.141 e. The van der Waals surface area contributed by atoms with Crippen LogP contribution in [0.15, 0.2) is 100.0 Å². The smallest absolute Gasteiger partial charge is 0.141 e. The first kappa shape index (κ1) is 27.1. The molecule has 0 unspecified atom stereocenters. The fourth-order valence-corrected chi connectivity index (χ4v) is 4.61. The van der Waals surface area contributed by atoms with Crippen LogP contribution in [0.5, 0.6) is 0 Å². The first-order valence-corrected chi connectivity index (χ1v) is 13.4. The molecule has 0 aliphatic heterocycles. The molecule has 3 heteroatoms. The number of allylic oxidation sites excluding steroid dienone is 9. The van der Waals surface area contributed by atoms with Crippen LogP contribution >= 0.6 is 0 Å². The number of unbranched alkanes of at least 4 members (excludes halogenated alkanes) is 1. The van der Waals surface area contributed by atoms with Gasteiger partial charge in [0.05, 0.1) is 5.69 Å². The van der Waals surface area contributed by atoms with Crippen molar-refractivity contribution in [1.82, 2.24) is 0 Å². The molecule has 0 saturated carbocycles. The molecule has 1 heterocycles. The number of fused-ring (bicyclic) bond motifs is 1. The number of para-hydroxylation sites is 1. The third kappa shape index (κ3) is 6.11. The molecule has 0 N–H and O–H groups in total. The number of furan rings is 1. The number of rotatable bonds is 10. The van der Waals surface area contributed by atoms with Crippen molar-refractivity contribution in [3.05, 3.63) is 119 Å². The van der Waals surface area contributed by atoms with Crippen molar-refractivity contribution in [1.29, 1.82) is 0 Å². The summed E-state index contributed by atoms with van der Waals surface area (Å²) < 4.78 is 21.4. The van der Waals surface area contributed by atoms with Gasteiger partial charge in [-0.3, -0.25) is 4.99 Å². The molecule has 0 atom stereocenters. The molecule has 1 aliphatic rings. The molecule has 2 nitrogen and oxygen atoms in total. The third-order valence-corrected chi connectivity index (χ3v) is 6.88. The maximum atomic E-state index is 15.2. The Balaban J connectivity index is 1.75. The predicted molar refractivity (Wildman–Crippen MR) is 162 cm³/mol. The zero-order valence-electron chi connectivity index (χ0n) is 22.6. The molecule has 194 valence electrons. The van der Waals surface area contributed by atoms with Crippen LogP contribution in [0, 0.1) is 5.82 Å². The van der Waals surface area contributed by atoms with Crippen LogP contribution in [-0.4, -0.2) is 6.21 Å². The second kappa shape index (κ2) is 13.0. The van der Waals surface area contributed by atoms with E-state index in [4.69, 9.17) is 9.41 Å². The van der Waals surface area contributed by atoms with Crippen molar-refractivity contribution < 1.29 is 8.81 Å². The number of nitrogens with zero attached hydrogens (tertiary/aromatic N) is 1. The van der Waals surface area contributed by atoms with E-state index in [1.165, 1.54) is 11.6 Å². The van der Waals surface area contributed by atoms with Crippen molar-refractivity contribution in [3.8, 4) is 0 Å². The average Bonchev–Trinajstić information content (AvgIpc) is 3.33. The minimum atomic E-state index is -0.275. The Morgan fingerprint density at radius 1 is 1.18 bits per heavy atom. The summed E-state index contributed by atoms with van der Waals surface area (Å²) >= 11 is 0. The van der Waals surface area contributed by atoms with Crippen molar-refractivity contribution in [2.45, 2.75) is 52.9 Å².